The minimum Gasteiger partial charge on any atom is -0.320 e. The van der Waals surface area contributed by atoms with E-state index in [-0.39, 0.29) is 0 Å². The molecule has 4 nitrogen and oxygen atoms in total. The summed E-state index contributed by atoms with van der Waals surface area (Å²) >= 11 is 3.28. The van der Waals surface area contributed by atoms with Crippen LogP contribution in [0.25, 0.3) is 0 Å². The van der Waals surface area contributed by atoms with Crippen molar-refractivity contribution in [3.8, 4) is 0 Å². The molecule has 0 unspecified atom stereocenters. The zero-order chi connectivity index (χ0) is 8.65. The molecule has 1 rings (SSSR count). The van der Waals surface area contributed by atoms with Gasteiger partial charge >= 0.3 is 0 Å². The Hall–Kier alpha value is -0.420. The minimum atomic E-state index is -0.437. The van der Waals surface area contributed by atoms with E-state index in [0.29, 0.717) is 4.60 Å². The third-order valence-electron chi connectivity index (χ3n) is 1.28. The lowest BCUT2D eigenvalue weighted by Gasteiger charge is -2.14. The molecule has 0 amide bonds. The largest absolute Gasteiger partial charge is 0.320 e. The fraction of sp³-hybridized carbons (Fsp3) is 0.667. The van der Waals surface area contributed by atoms with Crippen LogP contribution in [0.3, 0.4) is 0 Å². The maximum atomic E-state index is 5.83. The molecular formula is C6H11BrN4. The maximum absolute atomic E-state index is 5.83. The molecule has 0 saturated heterocycles. The van der Waals surface area contributed by atoms with Crippen LogP contribution in [0.5, 0.6) is 0 Å². The first-order valence-corrected chi connectivity index (χ1v) is 4.07. The first kappa shape index (κ1) is 8.67. The first-order chi connectivity index (χ1) is 4.91. The molecule has 1 heterocycles. The highest BCUT2D eigenvalue weighted by Gasteiger charge is 2.22. The fourth-order valence-electron chi connectivity index (χ4n) is 0.777. The molecule has 1 aromatic heterocycles. The van der Waals surface area contributed by atoms with Crippen molar-refractivity contribution in [3.05, 3.63) is 10.3 Å². The number of nitrogens with zero attached hydrogens (tertiary/aromatic N) is 3. The summed E-state index contributed by atoms with van der Waals surface area (Å²) in [7, 11) is 1.76. The molecule has 0 atom stereocenters. The highest BCUT2D eigenvalue weighted by atomic mass is 79.9. The van der Waals surface area contributed by atoms with Crippen molar-refractivity contribution in [3.63, 3.8) is 0 Å². The smallest absolute Gasteiger partial charge is 0.153 e. The van der Waals surface area contributed by atoms with Crippen LogP contribution < -0.4 is 5.73 Å². The summed E-state index contributed by atoms with van der Waals surface area (Å²) in [6, 6.07) is 0. The molecule has 0 saturated carbocycles. The van der Waals surface area contributed by atoms with Crippen molar-refractivity contribution in [2.24, 2.45) is 12.8 Å². The van der Waals surface area contributed by atoms with E-state index in [9.17, 15) is 0 Å². The van der Waals surface area contributed by atoms with Gasteiger partial charge in [0.25, 0.3) is 0 Å². The third kappa shape index (κ3) is 1.78. The Balaban J connectivity index is 3.13. The molecule has 0 aromatic carbocycles. The van der Waals surface area contributed by atoms with Gasteiger partial charge < -0.3 is 5.73 Å². The minimum absolute atomic E-state index is 0.437. The lowest BCUT2D eigenvalue weighted by atomic mass is 10.0. The molecule has 0 aliphatic carbocycles. The molecule has 11 heavy (non-hydrogen) atoms. The van der Waals surface area contributed by atoms with Gasteiger partial charge in [-0.15, -0.1) is 5.10 Å². The average molecular weight is 219 g/mol. The van der Waals surface area contributed by atoms with Crippen LogP contribution >= 0.6 is 15.9 Å². The van der Waals surface area contributed by atoms with E-state index in [4.69, 9.17) is 5.73 Å². The molecular weight excluding hydrogens is 208 g/mol. The summed E-state index contributed by atoms with van der Waals surface area (Å²) in [5.41, 5.74) is 6.17. The van der Waals surface area contributed by atoms with E-state index >= 15 is 0 Å². The molecule has 62 valence electrons. The van der Waals surface area contributed by atoms with Crippen molar-refractivity contribution in [2.75, 3.05) is 0 Å². The molecule has 0 fully saturated rings. The number of halogens is 1. The number of hydrogen-bond acceptors (Lipinski definition) is 3. The Kier molecular flexibility index (Phi) is 2.02. The Morgan fingerprint density at radius 1 is 1.45 bits per heavy atom. The zero-order valence-corrected chi connectivity index (χ0v) is 8.38. The quantitative estimate of drug-likeness (QED) is 0.758. The second kappa shape index (κ2) is 2.57. The summed E-state index contributed by atoms with van der Waals surface area (Å²) in [5, 5.41) is 8.13. The highest BCUT2D eigenvalue weighted by molar-refractivity contribution is 9.10. The van der Waals surface area contributed by atoms with E-state index in [1.807, 2.05) is 13.8 Å². The molecule has 0 aliphatic heterocycles. The number of aromatic nitrogens is 3. The van der Waals surface area contributed by atoms with Crippen LogP contribution in [0.4, 0.5) is 0 Å². The van der Waals surface area contributed by atoms with Gasteiger partial charge in [-0.2, -0.15) is 9.90 Å². The average Bonchev–Trinajstić information content (AvgIpc) is 2.08. The Morgan fingerprint density at radius 2 is 2.00 bits per heavy atom. The van der Waals surface area contributed by atoms with E-state index in [0.717, 1.165) is 5.69 Å². The van der Waals surface area contributed by atoms with E-state index in [2.05, 4.69) is 26.1 Å². The standard InChI is InChI=1S/C6H11BrN4/c1-6(2,8)4-5(7)10-11(3)9-4/h8H2,1-3H3. The van der Waals surface area contributed by atoms with Crippen molar-refractivity contribution < 1.29 is 0 Å². The van der Waals surface area contributed by atoms with Crippen molar-refractivity contribution in [1.29, 1.82) is 0 Å². The van der Waals surface area contributed by atoms with Gasteiger partial charge in [-0.1, -0.05) is 0 Å². The van der Waals surface area contributed by atoms with Gasteiger partial charge in [0.05, 0.1) is 5.54 Å². The summed E-state index contributed by atoms with van der Waals surface area (Å²) in [4.78, 5) is 1.49. The zero-order valence-electron chi connectivity index (χ0n) is 6.80. The van der Waals surface area contributed by atoms with Crippen LogP contribution in [0.2, 0.25) is 0 Å². The predicted molar refractivity (Wildman–Crippen MR) is 45.9 cm³/mol. The van der Waals surface area contributed by atoms with Crippen molar-refractivity contribution in [1.82, 2.24) is 15.0 Å². The van der Waals surface area contributed by atoms with Crippen LogP contribution in [0.1, 0.15) is 19.5 Å². The van der Waals surface area contributed by atoms with Gasteiger partial charge in [0.2, 0.25) is 0 Å². The number of hydrogen-bond donors (Lipinski definition) is 1. The Labute approximate surface area is 73.9 Å². The van der Waals surface area contributed by atoms with E-state index < -0.39 is 5.54 Å². The lowest BCUT2D eigenvalue weighted by Crippen LogP contribution is -2.29. The van der Waals surface area contributed by atoms with Gasteiger partial charge in [0.1, 0.15) is 5.69 Å². The normalized spacial score (nSPS) is 12.1. The van der Waals surface area contributed by atoms with Crippen LogP contribution in [-0.2, 0) is 12.6 Å². The van der Waals surface area contributed by atoms with E-state index in [1.165, 1.54) is 4.80 Å². The van der Waals surface area contributed by atoms with E-state index in [1.54, 1.807) is 7.05 Å². The van der Waals surface area contributed by atoms with Crippen LogP contribution in [-0.4, -0.2) is 15.0 Å². The van der Waals surface area contributed by atoms with Crippen molar-refractivity contribution >= 4 is 15.9 Å². The predicted octanol–water partition coefficient (Wildman–Crippen LogP) is 0.771. The molecule has 2 N–H and O–H groups in total. The Bertz CT molecular complexity index is 260. The van der Waals surface area contributed by atoms with Gasteiger partial charge in [-0.05, 0) is 29.8 Å². The molecule has 0 aliphatic rings. The van der Waals surface area contributed by atoms with Gasteiger partial charge in [0.15, 0.2) is 4.60 Å². The topological polar surface area (TPSA) is 56.7 Å². The monoisotopic (exact) mass is 218 g/mol. The molecule has 0 bridgehead atoms. The molecule has 0 spiro atoms. The maximum Gasteiger partial charge on any atom is 0.153 e. The molecule has 5 heteroatoms. The fourth-order valence-corrected chi connectivity index (χ4v) is 1.60. The lowest BCUT2D eigenvalue weighted by molar-refractivity contribution is 0.518. The SMILES string of the molecule is Cn1nc(Br)c(C(C)(C)N)n1. The number of rotatable bonds is 1. The van der Waals surface area contributed by atoms with Gasteiger partial charge in [-0.3, -0.25) is 0 Å². The van der Waals surface area contributed by atoms with Crippen molar-refractivity contribution in [2.45, 2.75) is 19.4 Å². The second-order valence-corrected chi connectivity index (χ2v) is 3.80. The number of aryl methyl sites for hydroxylation is 1. The van der Waals surface area contributed by atoms with Gasteiger partial charge in [-0.25, -0.2) is 0 Å². The summed E-state index contributed by atoms with van der Waals surface area (Å²) in [5.74, 6) is 0. The number of nitrogens with two attached hydrogens (primary N) is 1. The van der Waals surface area contributed by atoms with Crippen LogP contribution in [0.15, 0.2) is 4.60 Å². The summed E-state index contributed by atoms with van der Waals surface area (Å²) in [6.45, 7) is 3.78. The first-order valence-electron chi connectivity index (χ1n) is 3.27. The van der Waals surface area contributed by atoms with Gasteiger partial charge in [0, 0.05) is 7.05 Å². The Morgan fingerprint density at radius 3 is 2.18 bits per heavy atom. The molecule has 1 aromatic rings. The second-order valence-electron chi connectivity index (χ2n) is 3.05. The third-order valence-corrected chi connectivity index (χ3v) is 1.82. The highest BCUT2D eigenvalue weighted by Crippen LogP contribution is 2.21. The summed E-state index contributed by atoms with van der Waals surface area (Å²) < 4.78 is 0.715. The van der Waals surface area contributed by atoms with Crippen LogP contribution in [0, 0.1) is 0 Å². The molecule has 0 radical (unpaired) electrons. The summed E-state index contributed by atoms with van der Waals surface area (Å²) in [6.07, 6.45) is 0.